The first-order chi connectivity index (χ1) is 25.1. The highest BCUT2D eigenvalue weighted by atomic mass is 32.2. The van der Waals surface area contributed by atoms with Crippen LogP contribution in [0.2, 0.25) is 0 Å². The molecule has 11 N–H and O–H groups in total. The maximum Gasteiger partial charge on any atom is 0.472 e. The first kappa shape index (κ1) is 39.6. The Labute approximate surface area is 303 Å². The number of thioether (sulfide) groups is 1. The monoisotopic (exact) mass is 808 g/mol. The predicted molar refractivity (Wildman–Crippen MR) is 181 cm³/mol. The SMILES string of the molecule is Nc1ccn([C@H]2C[C@H](OP(=O)(O)OC[C@H]3O[C@@H](n4cnc5c(N)ncnc54)[C@H](O)[C@@H]3OC(=O)C(N)CC[C@H]3CNCS3)[C@H](COP(=O)(O)O)O2)c(=O)n1. The number of hydrogen-bond donors (Lipinski definition) is 8. The number of esters is 1. The molecule has 53 heavy (non-hydrogen) atoms. The molecule has 3 aromatic rings. The molecule has 0 aromatic carbocycles. The van der Waals surface area contributed by atoms with Crippen molar-refractivity contribution in [2.45, 2.75) is 73.5 Å². The number of nitrogens with one attached hydrogen (secondary N) is 1. The van der Waals surface area contributed by atoms with Crippen molar-refractivity contribution in [1.29, 1.82) is 0 Å². The maximum atomic E-state index is 13.3. The lowest BCUT2D eigenvalue weighted by atomic mass is 10.1. The number of aliphatic hydroxyl groups is 1. The molecule has 27 heteroatoms. The topological polar surface area (TPSA) is 356 Å². The molecule has 0 amide bonds. The quantitative estimate of drug-likeness (QED) is 0.0613. The number of nitrogen functional groups attached to an aromatic ring is 2. The number of imidazole rings is 1. The van der Waals surface area contributed by atoms with Gasteiger partial charge >= 0.3 is 27.3 Å². The van der Waals surface area contributed by atoms with Crippen LogP contribution in [0.4, 0.5) is 11.6 Å². The molecule has 6 heterocycles. The summed E-state index contributed by atoms with van der Waals surface area (Å²) in [4.78, 5) is 70.6. The van der Waals surface area contributed by atoms with Gasteiger partial charge in [0.15, 0.2) is 23.8 Å². The number of fused-ring (bicyclic) bond motifs is 1. The smallest absolute Gasteiger partial charge is 0.455 e. The van der Waals surface area contributed by atoms with Crippen LogP contribution in [0.1, 0.15) is 31.7 Å². The van der Waals surface area contributed by atoms with Gasteiger partial charge in [-0.3, -0.25) is 27.5 Å². The molecule has 0 aliphatic carbocycles. The zero-order valence-electron chi connectivity index (χ0n) is 27.5. The molecule has 0 radical (unpaired) electrons. The summed E-state index contributed by atoms with van der Waals surface area (Å²) in [6.07, 6.45) is -5.55. The third-order valence-corrected chi connectivity index (χ3v) is 11.3. The number of carbonyl (C=O) groups excluding carboxylic acids is 1. The van der Waals surface area contributed by atoms with E-state index in [1.807, 2.05) is 0 Å². The second-order valence-electron chi connectivity index (χ2n) is 12.2. The van der Waals surface area contributed by atoms with Gasteiger partial charge in [0.1, 0.15) is 54.3 Å². The van der Waals surface area contributed by atoms with Gasteiger partial charge in [0.05, 0.1) is 19.5 Å². The first-order valence-corrected chi connectivity index (χ1v) is 20.1. The number of carbonyl (C=O) groups is 1. The minimum absolute atomic E-state index is 0.0456. The second-order valence-corrected chi connectivity index (χ2v) is 16.1. The highest BCUT2D eigenvalue weighted by molar-refractivity contribution is 8.00. The van der Waals surface area contributed by atoms with Crippen molar-refractivity contribution < 1.29 is 61.5 Å². The van der Waals surface area contributed by atoms with Gasteiger partial charge in [-0.15, -0.1) is 11.8 Å². The number of aliphatic hydroxyl groups excluding tert-OH is 1. The zero-order valence-corrected chi connectivity index (χ0v) is 30.1. The lowest BCUT2D eigenvalue weighted by Crippen LogP contribution is -2.43. The highest BCUT2D eigenvalue weighted by Gasteiger charge is 2.50. The van der Waals surface area contributed by atoms with Crippen LogP contribution in [0.5, 0.6) is 0 Å². The Morgan fingerprint density at radius 2 is 1.89 bits per heavy atom. The number of phosphoric acid groups is 2. The van der Waals surface area contributed by atoms with Gasteiger partial charge < -0.3 is 56.5 Å². The van der Waals surface area contributed by atoms with Crippen molar-refractivity contribution in [3.8, 4) is 0 Å². The molecule has 3 saturated heterocycles. The summed E-state index contributed by atoms with van der Waals surface area (Å²) >= 11 is 1.70. The molecule has 0 spiro atoms. The number of ether oxygens (including phenoxy) is 3. The van der Waals surface area contributed by atoms with Gasteiger partial charge in [0, 0.05) is 30.3 Å². The Morgan fingerprint density at radius 1 is 1.11 bits per heavy atom. The van der Waals surface area contributed by atoms with E-state index in [4.69, 9.17) is 40.5 Å². The van der Waals surface area contributed by atoms with E-state index in [0.717, 1.165) is 17.0 Å². The average molecular weight is 809 g/mol. The van der Waals surface area contributed by atoms with Crippen molar-refractivity contribution in [1.82, 2.24) is 34.4 Å². The van der Waals surface area contributed by atoms with Gasteiger partial charge in [-0.2, -0.15) is 4.98 Å². The van der Waals surface area contributed by atoms with Gasteiger partial charge in [0.25, 0.3) is 0 Å². The minimum atomic E-state index is -5.13. The fraction of sp³-hybridized carbons (Fsp3) is 0.615. The fourth-order valence-electron chi connectivity index (χ4n) is 5.95. The predicted octanol–water partition coefficient (Wildman–Crippen LogP) is -1.91. The number of nitrogens with two attached hydrogens (primary N) is 3. The molecule has 0 bridgehead atoms. The summed E-state index contributed by atoms with van der Waals surface area (Å²) in [6.45, 7) is -0.852. The van der Waals surface area contributed by atoms with Gasteiger partial charge in [-0.1, -0.05) is 0 Å². The maximum absolute atomic E-state index is 13.3. The van der Waals surface area contributed by atoms with Gasteiger partial charge in [-0.25, -0.2) is 28.9 Å². The third kappa shape index (κ3) is 9.58. The van der Waals surface area contributed by atoms with Crippen LogP contribution in [-0.2, 0) is 41.7 Å². The molecular formula is C26H38N10O14P2S. The first-order valence-electron chi connectivity index (χ1n) is 16.0. The fourth-order valence-corrected chi connectivity index (χ4v) is 8.26. The van der Waals surface area contributed by atoms with Crippen LogP contribution in [-0.4, -0.2) is 122 Å². The van der Waals surface area contributed by atoms with Crippen LogP contribution in [0.25, 0.3) is 11.2 Å². The number of phosphoric ester groups is 2. The number of anilines is 2. The lowest BCUT2D eigenvalue weighted by Gasteiger charge is -2.24. The van der Waals surface area contributed by atoms with E-state index in [1.165, 1.54) is 29.5 Å². The van der Waals surface area contributed by atoms with Crippen LogP contribution in [0.15, 0.2) is 29.7 Å². The summed E-state index contributed by atoms with van der Waals surface area (Å²) in [5.41, 5.74) is 17.1. The van der Waals surface area contributed by atoms with E-state index in [1.54, 1.807) is 11.8 Å². The minimum Gasteiger partial charge on any atom is -0.455 e. The summed E-state index contributed by atoms with van der Waals surface area (Å²) in [5, 5.41) is 14.9. The molecule has 6 rings (SSSR count). The van der Waals surface area contributed by atoms with E-state index in [9.17, 15) is 38.5 Å². The molecule has 3 fully saturated rings. The molecule has 3 aliphatic heterocycles. The van der Waals surface area contributed by atoms with Crippen LogP contribution in [0.3, 0.4) is 0 Å². The molecule has 10 atom stereocenters. The number of hydrogen-bond acceptors (Lipinski definition) is 20. The van der Waals surface area contributed by atoms with E-state index >= 15 is 0 Å². The van der Waals surface area contributed by atoms with E-state index in [-0.39, 0.29) is 40.9 Å². The Balaban J connectivity index is 1.17. The van der Waals surface area contributed by atoms with E-state index in [2.05, 4.69) is 29.8 Å². The Hall–Kier alpha value is -3.13. The Kier molecular flexibility index (Phi) is 12.2. The molecule has 292 valence electrons. The van der Waals surface area contributed by atoms with E-state index in [0.29, 0.717) is 6.42 Å². The van der Waals surface area contributed by atoms with Crippen molar-refractivity contribution in [3.63, 3.8) is 0 Å². The Morgan fingerprint density at radius 3 is 2.60 bits per heavy atom. The van der Waals surface area contributed by atoms with Crippen molar-refractivity contribution in [3.05, 3.63) is 35.4 Å². The number of rotatable bonds is 15. The Bertz CT molecular complexity index is 1930. The summed E-state index contributed by atoms with van der Waals surface area (Å²) in [5.74, 6) is -0.116. The van der Waals surface area contributed by atoms with Crippen molar-refractivity contribution >= 4 is 56.2 Å². The molecule has 24 nitrogen and oxygen atoms in total. The van der Waals surface area contributed by atoms with Crippen molar-refractivity contribution in [2.24, 2.45) is 5.73 Å². The zero-order chi connectivity index (χ0) is 38.1. The van der Waals surface area contributed by atoms with Crippen molar-refractivity contribution in [2.75, 3.05) is 37.1 Å². The lowest BCUT2D eigenvalue weighted by molar-refractivity contribution is -0.158. The third-order valence-electron chi connectivity index (χ3n) is 8.54. The normalized spacial score (nSPS) is 29.4. The number of nitrogens with zero attached hydrogens (tertiary/aromatic N) is 6. The molecule has 3 aliphatic rings. The largest absolute Gasteiger partial charge is 0.472 e. The molecule has 2 unspecified atom stereocenters. The summed E-state index contributed by atoms with van der Waals surface area (Å²) in [6, 6.07) is 0.226. The van der Waals surface area contributed by atoms with Crippen LogP contribution in [0, 0.1) is 0 Å². The second kappa shape index (κ2) is 16.3. The molecular weight excluding hydrogens is 770 g/mol. The molecule has 0 saturated carbocycles. The van der Waals surface area contributed by atoms with Crippen LogP contribution < -0.4 is 28.2 Å². The van der Waals surface area contributed by atoms with Gasteiger partial charge in [-0.05, 0) is 18.9 Å². The van der Waals surface area contributed by atoms with Crippen LogP contribution >= 0.6 is 27.4 Å². The average Bonchev–Trinajstić information content (AvgIpc) is 3.89. The standard InChI is InChI=1S/C26H38N10O14P2S/c27-13(2-1-12-6-30-11-53-12)25(38)49-21-16(48-24(20(21)37)36-10-33-19-22(29)31-9-32-23(19)36)8-46-52(43,44)50-14-5-18(35-4-3-17(28)34-26(35)39)47-15(14)7-45-51(40,41)42/h3-4,9-10,12-16,18,20-21,24,30,37H,1-2,5-8,11,27H2,(H,43,44)(H2,28,34,39)(H2,29,31,32)(H2,40,41,42)/t12-,13?,14-,15-,16+,18+,20+,21+,24+/m0/s1. The van der Waals surface area contributed by atoms with E-state index < -0.39 is 89.5 Å². The highest BCUT2D eigenvalue weighted by Crippen LogP contribution is 2.50. The van der Waals surface area contributed by atoms with Gasteiger partial charge in [0.2, 0.25) is 0 Å². The summed E-state index contributed by atoms with van der Waals surface area (Å²) in [7, 11) is -10.2. The number of aromatic nitrogens is 6. The summed E-state index contributed by atoms with van der Waals surface area (Å²) < 4.78 is 59.5. The molecule has 3 aromatic heterocycles.